The van der Waals surface area contributed by atoms with Crippen LogP contribution in [0.5, 0.6) is 0 Å². The number of methoxy groups -OCH3 is 1. The van der Waals surface area contributed by atoms with Gasteiger partial charge in [0.1, 0.15) is 4.83 Å². The van der Waals surface area contributed by atoms with Crippen molar-refractivity contribution in [3.63, 3.8) is 0 Å². The minimum atomic E-state index is -0.332. The van der Waals surface area contributed by atoms with Crippen LogP contribution >= 0.6 is 27.7 Å². The van der Waals surface area contributed by atoms with Crippen LogP contribution in [0.4, 0.5) is 0 Å². The number of carbonyl (C=O) groups excluding carboxylic acids is 1. The summed E-state index contributed by atoms with van der Waals surface area (Å²) in [5.74, 6) is 0.280. The molecule has 0 N–H and O–H groups in total. The van der Waals surface area contributed by atoms with Crippen molar-refractivity contribution in [3.8, 4) is 0 Å². The molecule has 1 aromatic heterocycles. The highest BCUT2D eigenvalue weighted by Crippen LogP contribution is 2.31. The summed E-state index contributed by atoms with van der Waals surface area (Å²) in [5, 5.41) is 12.5. The van der Waals surface area contributed by atoms with Crippen LogP contribution < -0.4 is 0 Å². The molecule has 8 heteroatoms. The molecule has 0 amide bonds. The molecule has 100 valence electrons. The number of esters is 1. The van der Waals surface area contributed by atoms with Crippen LogP contribution in [-0.2, 0) is 9.53 Å². The number of halogens is 1. The first kappa shape index (κ1) is 13.8. The Morgan fingerprint density at radius 2 is 2.33 bits per heavy atom. The lowest BCUT2D eigenvalue weighted by atomic mass is 10.3. The lowest BCUT2D eigenvalue weighted by Gasteiger charge is -2.11. The van der Waals surface area contributed by atoms with E-state index in [4.69, 9.17) is 0 Å². The van der Waals surface area contributed by atoms with Crippen LogP contribution in [0.15, 0.2) is 5.16 Å². The van der Waals surface area contributed by atoms with E-state index in [1.807, 2.05) is 4.68 Å². The van der Waals surface area contributed by atoms with Gasteiger partial charge in [-0.1, -0.05) is 40.5 Å². The zero-order valence-corrected chi connectivity index (χ0v) is 12.5. The number of hydrogen-bond donors (Lipinski definition) is 0. The van der Waals surface area contributed by atoms with Crippen molar-refractivity contribution in [3.05, 3.63) is 0 Å². The van der Waals surface area contributed by atoms with Crippen molar-refractivity contribution in [2.24, 2.45) is 0 Å². The number of nitrogens with zero attached hydrogens (tertiary/aromatic N) is 4. The highest BCUT2D eigenvalue weighted by atomic mass is 79.9. The van der Waals surface area contributed by atoms with Crippen molar-refractivity contribution < 1.29 is 9.53 Å². The third-order valence-corrected chi connectivity index (χ3v) is 5.10. The van der Waals surface area contributed by atoms with Crippen molar-refractivity contribution in [1.29, 1.82) is 0 Å². The number of hydrogen-bond acceptors (Lipinski definition) is 6. The molecule has 0 bridgehead atoms. The highest BCUT2D eigenvalue weighted by molar-refractivity contribution is 9.10. The molecule has 1 aromatic rings. The Hall–Kier alpha value is -0.630. The standard InChI is InChI=1S/C10H15BrN4O2S/c1-17-9(16)8(11)6-18-10-12-13-14-15(10)7-4-2-3-5-7/h7-8H,2-6H2,1H3. The zero-order chi connectivity index (χ0) is 13.0. The molecule has 6 nitrogen and oxygen atoms in total. The van der Waals surface area contributed by atoms with Gasteiger partial charge in [0.15, 0.2) is 0 Å². The largest absolute Gasteiger partial charge is 0.468 e. The Morgan fingerprint density at radius 1 is 1.61 bits per heavy atom. The number of rotatable bonds is 5. The lowest BCUT2D eigenvalue weighted by molar-refractivity contribution is -0.139. The molecule has 18 heavy (non-hydrogen) atoms. The molecular weight excluding hydrogens is 320 g/mol. The molecule has 1 heterocycles. The fourth-order valence-corrected chi connectivity index (χ4v) is 3.43. The van der Waals surface area contributed by atoms with Crippen LogP contribution in [0.2, 0.25) is 0 Å². The van der Waals surface area contributed by atoms with E-state index in [1.54, 1.807) is 0 Å². The summed E-state index contributed by atoms with van der Waals surface area (Å²) in [6.07, 6.45) is 4.73. The molecule has 1 aliphatic rings. The molecule has 0 spiro atoms. The fourth-order valence-electron chi connectivity index (χ4n) is 2.00. The summed E-state index contributed by atoms with van der Waals surface area (Å²) in [6, 6.07) is 0.411. The molecule has 1 saturated carbocycles. The third kappa shape index (κ3) is 3.23. The second kappa shape index (κ2) is 6.51. The van der Waals surface area contributed by atoms with Gasteiger partial charge < -0.3 is 4.74 Å². The molecule has 2 rings (SSSR count). The molecule has 0 aromatic carbocycles. The van der Waals surface area contributed by atoms with Gasteiger partial charge in [0, 0.05) is 5.75 Å². The second-order valence-electron chi connectivity index (χ2n) is 4.15. The van der Waals surface area contributed by atoms with E-state index >= 15 is 0 Å². The molecule has 0 aliphatic heterocycles. The van der Waals surface area contributed by atoms with Gasteiger partial charge in [-0.3, -0.25) is 4.79 Å². The molecule has 1 unspecified atom stereocenters. The van der Waals surface area contributed by atoms with E-state index < -0.39 is 0 Å². The number of aromatic nitrogens is 4. The number of carbonyl (C=O) groups is 1. The van der Waals surface area contributed by atoms with Crippen molar-refractivity contribution in [2.75, 3.05) is 12.9 Å². The zero-order valence-electron chi connectivity index (χ0n) is 10.1. The van der Waals surface area contributed by atoms with E-state index in [9.17, 15) is 4.79 Å². The monoisotopic (exact) mass is 334 g/mol. The molecule has 1 atom stereocenters. The minimum absolute atomic E-state index is 0.276. The van der Waals surface area contributed by atoms with Gasteiger partial charge in [-0.15, -0.1) is 5.10 Å². The summed E-state index contributed by atoms with van der Waals surface area (Å²) in [5.41, 5.74) is 0. The van der Waals surface area contributed by atoms with Gasteiger partial charge in [0.05, 0.1) is 13.2 Å². The van der Waals surface area contributed by atoms with Gasteiger partial charge >= 0.3 is 5.97 Å². The van der Waals surface area contributed by atoms with Crippen molar-refractivity contribution >= 4 is 33.7 Å². The molecule has 1 aliphatic carbocycles. The predicted octanol–water partition coefficient (Wildman–Crippen LogP) is 1.82. The summed E-state index contributed by atoms with van der Waals surface area (Å²) >= 11 is 4.76. The molecule has 0 saturated heterocycles. The molecule has 1 fully saturated rings. The summed E-state index contributed by atoms with van der Waals surface area (Å²) < 4.78 is 6.54. The highest BCUT2D eigenvalue weighted by Gasteiger charge is 2.23. The SMILES string of the molecule is COC(=O)C(Br)CSc1nnnn1C1CCCC1. The second-order valence-corrected chi connectivity index (χ2v) is 6.24. The average Bonchev–Trinajstić information content (AvgIpc) is 3.04. The Bertz CT molecular complexity index is 408. The number of ether oxygens (including phenoxy) is 1. The predicted molar refractivity (Wildman–Crippen MR) is 70.8 cm³/mol. The maximum Gasteiger partial charge on any atom is 0.320 e. The topological polar surface area (TPSA) is 69.9 Å². The van der Waals surface area contributed by atoms with Gasteiger partial charge in [0.25, 0.3) is 0 Å². The van der Waals surface area contributed by atoms with Crippen LogP contribution in [0.25, 0.3) is 0 Å². The van der Waals surface area contributed by atoms with Gasteiger partial charge in [-0.2, -0.15) is 0 Å². The Labute approximate surface area is 118 Å². The van der Waals surface area contributed by atoms with E-state index in [0.29, 0.717) is 11.8 Å². The van der Waals surface area contributed by atoms with Crippen LogP contribution in [0.3, 0.4) is 0 Å². The van der Waals surface area contributed by atoms with E-state index in [0.717, 1.165) is 18.0 Å². The first-order valence-corrected chi connectivity index (χ1v) is 7.75. The smallest absolute Gasteiger partial charge is 0.320 e. The van der Waals surface area contributed by atoms with E-state index in [-0.39, 0.29) is 10.8 Å². The maximum absolute atomic E-state index is 11.3. The molecule has 0 radical (unpaired) electrons. The Morgan fingerprint density at radius 3 is 3.00 bits per heavy atom. The normalized spacial score (nSPS) is 17.9. The number of thioether (sulfide) groups is 1. The van der Waals surface area contributed by atoms with Crippen molar-refractivity contribution in [1.82, 2.24) is 20.2 Å². The van der Waals surface area contributed by atoms with Crippen molar-refractivity contribution in [2.45, 2.75) is 41.7 Å². The van der Waals surface area contributed by atoms with Crippen LogP contribution in [0, 0.1) is 0 Å². The summed E-state index contributed by atoms with van der Waals surface area (Å²) in [7, 11) is 1.38. The average molecular weight is 335 g/mol. The van der Waals surface area contributed by atoms with Crippen LogP contribution in [-0.4, -0.2) is 43.9 Å². The molecular formula is C10H15BrN4O2S. The Balaban J connectivity index is 1.93. The number of alkyl halides is 1. The Kier molecular flexibility index (Phi) is 4.99. The van der Waals surface area contributed by atoms with Gasteiger partial charge in [-0.05, 0) is 23.3 Å². The maximum atomic E-state index is 11.3. The lowest BCUT2D eigenvalue weighted by Crippen LogP contribution is -2.18. The van der Waals surface area contributed by atoms with E-state index in [1.165, 1.54) is 31.7 Å². The summed E-state index contributed by atoms with van der Waals surface area (Å²) in [4.78, 5) is 10.9. The number of tetrazole rings is 1. The van der Waals surface area contributed by atoms with Gasteiger partial charge in [0.2, 0.25) is 5.16 Å². The quantitative estimate of drug-likeness (QED) is 0.464. The first-order chi connectivity index (χ1) is 8.72. The van der Waals surface area contributed by atoms with Gasteiger partial charge in [-0.25, -0.2) is 4.68 Å². The van der Waals surface area contributed by atoms with E-state index in [2.05, 4.69) is 36.2 Å². The fraction of sp³-hybridized carbons (Fsp3) is 0.800. The minimum Gasteiger partial charge on any atom is -0.468 e. The first-order valence-electron chi connectivity index (χ1n) is 5.85. The summed E-state index contributed by atoms with van der Waals surface area (Å²) in [6.45, 7) is 0. The van der Waals surface area contributed by atoms with Crippen LogP contribution in [0.1, 0.15) is 31.7 Å². The third-order valence-electron chi connectivity index (χ3n) is 2.95.